The summed E-state index contributed by atoms with van der Waals surface area (Å²) >= 11 is 0. The van der Waals surface area contributed by atoms with Crippen LogP contribution in [-0.2, 0) is 9.53 Å². The molecule has 1 aliphatic carbocycles. The lowest BCUT2D eigenvalue weighted by Gasteiger charge is -2.12. The average Bonchev–Trinajstić information content (AvgIpc) is 2.84. The molecule has 0 radical (unpaired) electrons. The minimum atomic E-state index is -1.58. The number of carbonyl (C=O) groups excluding carboxylic acids is 1. The van der Waals surface area contributed by atoms with Crippen LogP contribution in [0, 0.1) is 0 Å². The first-order chi connectivity index (χ1) is 8.59. The Morgan fingerprint density at radius 1 is 1.28 bits per heavy atom. The molecule has 1 fully saturated rings. The smallest absolute Gasteiger partial charge is 0.334 e. The monoisotopic (exact) mass is 260 g/mol. The first-order valence-corrected chi connectivity index (χ1v) is 6.13. The molecule has 1 rings (SSSR count). The Bertz CT molecular complexity index is 279. The molecule has 0 aromatic carbocycles. The van der Waals surface area contributed by atoms with Gasteiger partial charge in [-0.3, -0.25) is 0 Å². The molecule has 0 heterocycles. The van der Waals surface area contributed by atoms with Crippen molar-refractivity contribution >= 4 is 12.0 Å². The number of aliphatic carboxylic acids is 1. The zero-order chi connectivity index (χ0) is 13.4. The summed E-state index contributed by atoms with van der Waals surface area (Å²) in [6.07, 6.45) is 3.29. The Morgan fingerprint density at radius 2 is 1.94 bits per heavy atom. The van der Waals surface area contributed by atoms with E-state index >= 15 is 0 Å². The maximum Gasteiger partial charge on any atom is 0.334 e. The average molecular weight is 260 g/mol. The Kier molecular flexibility index (Phi) is 6.45. The summed E-state index contributed by atoms with van der Waals surface area (Å²) in [5.74, 6) is -1.36. The highest BCUT2D eigenvalue weighted by atomic mass is 16.5. The van der Waals surface area contributed by atoms with Gasteiger partial charge in [-0.25, -0.2) is 9.59 Å². The fraction of sp³-hybridized carbons (Fsp3) is 0.818. The second-order valence-electron chi connectivity index (χ2n) is 4.27. The summed E-state index contributed by atoms with van der Waals surface area (Å²) in [6, 6.07) is -0.509. The van der Waals surface area contributed by atoms with Crippen molar-refractivity contribution in [2.45, 2.75) is 37.9 Å². The maximum atomic E-state index is 11.2. The summed E-state index contributed by atoms with van der Waals surface area (Å²) in [7, 11) is 0. The number of carbonyl (C=O) groups is 2. The van der Waals surface area contributed by atoms with Gasteiger partial charge in [-0.05, 0) is 12.8 Å². The number of rotatable bonds is 7. The van der Waals surface area contributed by atoms with Gasteiger partial charge in [0.05, 0.1) is 19.3 Å². The highest BCUT2D eigenvalue weighted by Crippen LogP contribution is 2.20. The van der Waals surface area contributed by atoms with Gasteiger partial charge in [0, 0.05) is 6.54 Å². The lowest BCUT2D eigenvalue weighted by molar-refractivity contribution is -0.146. The van der Waals surface area contributed by atoms with Crippen molar-refractivity contribution in [3.05, 3.63) is 0 Å². The number of hydrogen-bond donors (Lipinski definition) is 4. The molecule has 0 aromatic heterocycles. The molecule has 1 atom stereocenters. The molecule has 0 spiro atoms. The largest absolute Gasteiger partial charge is 0.479 e. The molecule has 4 N–H and O–H groups in total. The van der Waals surface area contributed by atoms with Crippen LogP contribution >= 0.6 is 0 Å². The molecule has 1 saturated carbocycles. The van der Waals surface area contributed by atoms with Gasteiger partial charge in [-0.15, -0.1) is 0 Å². The van der Waals surface area contributed by atoms with E-state index in [-0.39, 0.29) is 6.54 Å². The molecule has 0 saturated heterocycles. The number of hydrogen-bond acceptors (Lipinski definition) is 4. The first-order valence-electron chi connectivity index (χ1n) is 6.13. The third-order valence-electron chi connectivity index (χ3n) is 2.78. The van der Waals surface area contributed by atoms with Crippen LogP contribution in [0.25, 0.3) is 0 Å². The van der Waals surface area contributed by atoms with E-state index < -0.39 is 18.1 Å². The lowest BCUT2D eigenvalue weighted by atomic mass is 10.3. The van der Waals surface area contributed by atoms with Crippen LogP contribution in [-0.4, -0.2) is 54.1 Å². The number of amides is 2. The Hall–Kier alpha value is -1.34. The third kappa shape index (κ3) is 5.83. The molecule has 1 aliphatic rings. The quantitative estimate of drug-likeness (QED) is 0.470. The van der Waals surface area contributed by atoms with Gasteiger partial charge in [0.25, 0.3) is 0 Å². The van der Waals surface area contributed by atoms with Gasteiger partial charge in [-0.2, -0.15) is 0 Å². The van der Waals surface area contributed by atoms with Gasteiger partial charge in [0.15, 0.2) is 6.10 Å². The summed E-state index contributed by atoms with van der Waals surface area (Å²) in [4.78, 5) is 21.5. The van der Waals surface area contributed by atoms with E-state index in [1.165, 1.54) is 12.8 Å². The number of ether oxygens (including phenoxy) is 1. The second kappa shape index (κ2) is 7.88. The zero-order valence-electron chi connectivity index (χ0n) is 10.2. The molecule has 2 amide bonds. The van der Waals surface area contributed by atoms with E-state index in [4.69, 9.17) is 14.9 Å². The molecule has 7 nitrogen and oxygen atoms in total. The normalized spacial score (nSPS) is 17.4. The van der Waals surface area contributed by atoms with Crippen molar-refractivity contribution < 1.29 is 24.5 Å². The van der Waals surface area contributed by atoms with Gasteiger partial charge < -0.3 is 25.6 Å². The zero-order valence-corrected chi connectivity index (χ0v) is 10.2. The Labute approximate surface area is 106 Å². The van der Waals surface area contributed by atoms with Crippen LogP contribution in [0.5, 0.6) is 0 Å². The van der Waals surface area contributed by atoms with E-state index in [9.17, 15) is 9.59 Å². The number of urea groups is 1. The van der Waals surface area contributed by atoms with E-state index in [1.807, 2.05) is 0 Å². The fourth-order valence-corrected chi connectivity index (χ4v) is 1.78. The molecule has 0 aliphatic heterocycles. The highest BCUT2D eigenvalue weighted by molar-refractivity contribution is 5.76. The van der Waals surface area contributed by atoms with Gasteiger partial charge in [-0.1, -0.05) is 12.8 Å². The van der Waals surface area contributed by atoms with Gasteiger partial charge in [0.2, 0.25) is 0 Å². The standard InChI is InChI=1S/C11H20N2O5/c14-9(10(15)16)7-13-11(17)12-5-6-18-8-3-1-2-4-8/h8-9,14H,1-7H2,(H,15,16)(H2,12,13,17)/t9-/m0/s1. The van der Waals surface area contributed by atoms with E-state index in [2.05, 4.69) is 10.6 Å². The Morgan fingerprint density at radius 3 is 2.56 bits per heavy atom. The molecule has 0 bridgehead atoms. The SMILES string of the molecule is O=C(NCCOC1CCCC1)NC[C@H](O)C(=O)O. The van der Waals surface area contributed by atoms with Crippen molar-refractivity contribution in [2.24, 2.45) is 0 Å². The minimum Gasteiger partial charge on any atom is -0.479 e. The van der Waals surface area contributed by atoms with Crippen LogP contribution in [0.15, 0.2) is 0 Å². The molecule has 7 heteroatoms. The summed E-state index contributed by atoms with van der Waals surface area (Å²) in [5.41, 5.74) is 0. The van der Waals surface area contributed by atoms with E-state index in [0.717, 1.165) is 12.8 Å². The number of aliphatic hydroxyl groups is 1. The summed E-state index contributed by atoms with van der Waals surface area (Å²) < 4.78 is 5.53. The van der Waals surface area contributed by atoms with Crippen LogP contribution in [0.4, 0.5) is 4.79 Å². The summed E-state index contributed by atoms with van der Waals surface area (Å²) in [5, 5.41) is 22.1. The van der Waals surface area contributed by atoms with Gasteiger partial charge >= 0.3 is 12.0 Å². The fourth-order valence-electron chi connectivity index (χ4n) is 1.78. The van der Waals surface area contributed by atoms with Crippen molar-refractivity contribution in [3.8, 4) is 0 Å². The van der Waals surface area contributed by atoms with Gasteiger partial charge in [0.1, 0.15) is 0 Å². The van der Waals surface area contributed by atoms with Crippen LogP contribution in [0.1, 0.15) is 25.7 Å². The number of carboxylic acids is 1. The maximum absolute atomic E-state index is 11.2. The van der Waals surface area contributed by atoms with Crippen LogP contribution in [0.3, 0.4) is 0 Å². The molecular weight excluding hydrogens is 240 g/mol. The Balaban J connectivity index is 1.97. The molecule has 0 aromatic rings. The third-order valence-corrected chi connectivity index (χ3v) is 2.78. The number of carboxylic acid groups (broad SMARTS) is 1. The van der Waals surface area contributed by atoms with Crippen molar-refractivity contribution in [3.63, 3.8) is 0 Å². The summed E-state index contributed by atoms with van der Waals surface area (Å²) in [6.45, 7) is 0.496. The predicted octanol–water partition coefficient (Wildman–Crippen LogP) is -0.310. The van der Waals surface area contributed by atoms with E-state index in [0.29, 0.717) is 19.3 Å². The molecule has 104 valence electrons. The minimum absolute atomic E-state index is 0.309. The highest BCUT2D eigenvalue weighted by Gasteiger charge is 2.15. The van der Waals surface area contributed by atoms with E-state index in [1.54, 1.807) is 0 Å². The van der Waals surface area contributed by atoms with Crippen molar-refractivity contribution in [1.29, 1.82) is 0 Å². The predicted molar refractivity (Wildman–Crippen MR) is 63.3 cm³/mol. The number of nitrogens with one attached hydrogen (secondary N) is 2. The van der Waals surface area contributed by atoms with Crippen molar-refractivity contribution in [1.82, 2.24) is 10.6 Å². The van der Waals surface area contributed by atoms with Crippen LogP contribution < -0.4 is 10.6 Å². The molecular formula is C11H20N2O5. The number of aliphatic hydroxyl groups excluding tert-OH is 1. The first kappa shape index (κ1) is 14.7. The van der Waals surface area contributed by atoms with Crippen molar-refractivity contribution in [2.75, 3.05) is 19.7 Å². The molecule has 0 unspecified atom stereocenters. The lowest BCUT2D eigenvalue weighted by Crippen LogP contribution is -2.43. The second-order valence-corrected chi connectivity index (χ2v) is 4.27. The molecule has 18 heavy (non-hydrogen) atoms. The topological polar surface area (TPSA) is 108 Å². The van der Waals surface area contributed by atoms with Crippen LogP contribution in [0.2, 0.25) is 0 Å².